The number of hydrogen-bond acceptors (Lipinski definition) is 3. The zero-order chi connectivity index (χ0) is 22.9. The van der Waals surface area contributed by atoms with Gasteiger partial charge in [-0.2, -0.15) is 0 Å². The predicted molar refractivity (Wildman–Crippen MR) is 124 cm³/mol. The quantitative estimate of drug-likeness (QED) is 0.468. The van der Waals surface area contributed by atoms with E-state index in [1.807, 2.05) is 91.0 Å². The van der Waals surface area contributed by atoms with Crippen molar-refractivity contribution in [3.8, 4) is 0 Å². The summed E-state index contributed by atoms with van der Waals surface area (Å²) in [6.45, 7) is 4.16. The number of benzene rings is 3. The zero-order valence-corrected chi connectivity index (χ0v) is 18.1. The van der Waals surface area contributed by atoms with Gasteiger partial charge in [0.2, 0.25) is 5.91 Å². The summed E-state index contributed by atoms with van der Waals surface area (Å²) in [6.07, 6.45) is 0.000701. The molecule has 1 N–H and O–H groups in total. The summed E-state index contributed by atoms with van der Waals surface area (Å²) in [5, 5.41) is 9.86. The van der Waals surface area contributed by atoms with Crippen molar-refractivity contribution in [2.24, 2.45) is 0 Å². The maximum absolute atomic E-state index is 13.5. The van der Waals surface area contributed by atoms with Gasteiger partial charge in [-0.25, -0.2) is 4.79 Å². The summed E-state index contributed by atoms with van der Waals surface area (Å²) >= 11 is 0. The van der Waals surface area contributed by atoms with Gasteiger partial charge in [-0.3, -0.25) is 4.79 Å². The van der Waals surface area contributed by atoms with E-state index in [0.29, 0.717) is 12.4 Å². The third-order valence-electron chi connectivity index (χ3n) is 5.32. The van der Waals surface area contributed by atoms with Gasteiger partial charge in [0.1, 0.15) is 12.6 Å². The van der Waals surface area contributed by atoms with E-state index in [2.05, 4.69) is 6.58 Å². The molecule has 0 aliphatic carbocycles. The number of carboxylic acid groups (broad SMARTS) is 1. The highest BCUT2D eigenvalue weighted by atomic mass is 16.5. The first-order chi connectivity index (χ1) is 15.5. The number of hydrogen-bond donors (Lipinski definition) is 1. The molecular weight excluding hydrogens is 402 g/mol. The molecule has 0 spiro atoms. The summed E-state index contributed by atoms with van der Waals surface area (Å²) in [5.74, 6) is -1.70. The number of carbonyl (C=O) groups is 2. The van der Waals surface area contributed by atoms with Crippen LogP contribution in [0.4, 0.5) is 0 Å². The van der Waals surface area contributed by atoms with Gasteiger partial charge in [0, 0.05) is 13.5 Å². The Morgan fingerprint density at radius 1 is 0.875 bits per heavy atom. The smallest absolute Gasteiger partial charge is 0.326 e. The van der Waals surface area contributed by atoms with Crippen LogP contribution >= 0.6 is 0 Å². The van der Waals surface area contributed by atoms with Gasteiger partial charge in [0.25, 0.3) is 0 Å². The molecule has 3 aromatic rings. The van der Waals surface area contributed by atoms with Gasteiger partial charge in [-0.15, -0.1) is 0 Å². The number of carbonyl (C=O) groups excluding carboxylic acids is 1. The molecule has 0 saturated carbocycles. The molecule has 3 aromatic carbocycles. The van der Waals surface area contributed by atoms with E-state index in [1.165, 1.54) is 11.9 Å². The molecule has 0 aromatic heterocycles. The highest BCUT2D eigenvalue weighted by molar-refractivity contribution is 5.90. The van der Waals surface area contributed by atoms with Crippen molar-refractivity contribution >= 4 is 11.9 Å². The van der Waals surface area contributed by atoms with Crippen molar-refractivity contribution in [2.45, 2.75) is 25.0 Å². The largest absolute Gasteiger partial charge is 0.494 e. The Morgan fingerprint density at radius 2 is 1.34 bits per heavy atom. The zero-order valence-electron chi connectivity index (χ0n) is 18.1. The first-order valence-corrected chi connectivity index (χ1v) is 10.4. The Bertz CT molecular complexity index is 996. The SMILES string of the molecule is C=C(C[C@@H](C(=O)O)N(C)C(=O)C(c1ccccc1)c1ccccc1)OCc1ccccc1. The molecule has 164 valence electrons. The van der Waals surface area contributed by atoms with E-state index in [0.717, 1.165) is 16.7 Å². The molecule has 0 heterocycles. The highest BCUT2D eigenvalue weighted by Crippen LogP contribution is 2.28. The number of ether oxygens (including phenoxy) is 1. The van der Waals surface area contributed by atoms with E-state index < -0.39 is 17.9 Å². The second-order valence-electron chi connectivity index (χ2n) is 7.57. The summed E-state index contributed by atoms with van der Waals surface area (Å²) in [4.78, 5) is 26.9. The van der Waals surface area contributed by atoms with E-state index in [-0.39, 0.29) is 12.3 Å². The van der Waals surface area contributed by atoms with E-state index in [9.17, 15) is 14.7 Å². The predicted octanol–water partition coefficient (Wildman–Crippen LogP) is 4.85. The Hall–Kier alpha value is -3.86. The van der Waals surface area contributed by atoms with Crippen LogP contribution in [0, 0.1) is 0 Å². The summed E-state index contributed by atoms with van der Waals surface area (Å²) in [5.41, 5.74) is 2.57. The maximum atomic E-state index is 13.5. The fraction of sp³-hybridized carbons (Fsp3) is 0.185. The fourth-order valence-electron chi connectivity index (χ4n) is 3.55. The average Bonchev–Trinajstić information content (AvgIpc) is 2.83. The second kappa shape index (κ2) is 11.0. The minimum absolute atomic E-state index is 0.000701. The Morgan fingerprint density at radius 3 is 1.81 bits per heavy atom. The number of rotatable bonds is 10. The van der Waals surface area contributed by atoms with Gasteiger partial charge in [-0.1, -0.05) is 97.6 Å². The van der Waals surface area contributed by atoms with Crippen molar-refractivity contribution in [1.29, 1.82) is 0 Å². The van der Waals surface area contributed by atoms with Crippen LogP contribution in [0.1, 0.15) is 29.0 Å². The lowest BCUT2D eigenvalue weighted by Gasteiger charge is -2.29. The molecule has 0 saturated heterocycles. The highest BCUT2D eigenvalue weighted by Gasteiger charge is 2.33. The van der Waals surface area contributed by atoms with Gasteiger partial charge >= 0.3 is 5.97 Å². The number of carboxylic acids is 1. The molecule has 1 atom stereocenters. The number of aliphatic carboxylic acids is 1. The summed E-state index contributed by atoms with van der Waals surface area (Å²) in [6, 6.07) is 27.2. The molecule has 3 rings (SSSR count). The molecule has 0 radical (unpaired) electrons. The lowest BCUT2D eigenvalue weighted by Crippen LogP contribution is -2.45. The van der Waals surface area contributed by atoms with Crippen molar-refractivity contribution < 1.29 is 19.4 Å². The van der Waals surface area contributed by atoms with Crippen LogP contribution in [0.15, 0.2) is 103 Å². The molecule has 5 nitrogen and oxygen atoms in total. The molecule has 0 fully saturated rings. The summed E-state index contributed by atoms with van der Waals surface area (Å²) < 4.78 is 5.67. The lowest BCUT2D eigenvalue weighted by molar-refractivity contribution is -0.149. The van der Waals surface area contributed by atoms with Crippen LogP contribution < -0.4 is 0 Å². The van der Waals surface area contributed by atoms with Crippen molar-refractivity contribution in [3.63, 3.8) is 0 Å². The third kappa shape index (κ3) is 5.85. The van der Waals surface area contributed by atoms with Crippen LogP contribution in [0.5, 0.6) is 0 Å². The average molecular weight is 430 g/mol. The minimum atomic E-state index is -1.11. The normalized spacial score (nSPS) is 11.6. The molecule has 5 heteroatoms. The maximum Gasteiger partial charge on any atom is 0.326 e. The van der Waals surface area contributed by atoms with Crippen LogP contribution in [-0.4, -0.2) is 35.0 Å². The van der Waals surface area contributed by atoms with Gasteiger partial charge in [0.15, 0.2) is 0 Å². The van der Waals surface area contributed by atoms with Gasteiger partial charge in [0.05, 0.1) is 11.7 Å². The van der Waals surface area contributed by atoms with Crippen LogP contribution in [0.3, 0.4) is 0 Å². The monoisotopic (exact) mass is 429 g/mol. The van der Waals surface area contributed by atoms with Crippen LogP contribution in [-0.2, 0) is 20.9 Å². The van der Waals surface area contributed by atoms with E-state index in [4.69, 9.17) is 4.74 Å². The number of amides is 1. The van der Waals surface area contributed by atoms with Crippen molar-refractivity contribution in [3.05, 3.63) is 120 Å². The molecule has 0 aliphatic rings. The number of likely N-dealkylation sites (N-methyl/N-ethyl adjacent to an activating group) is 1. The first-order valence-electron chi connectivity index (χ1n) is 10.4. The first kappa shape index (κ1) is 22.8. The minimum Gasteiger partial charge on any atom is -0.494 e. The molecule has 0 aliphatic heterocycles. The Balaban J connectivity index is 1.77. The fourth-order valence-corrected chi connectivity index (χ4v) is 3.55. The Labute approximate surface area is 188 Å². The molecule has 1 amide bonds. The van der Waals surface area contributed by atoms with E-state index in [1.54, 1.807) is 0 Å². The molecule has 0 bridgehead atoms. The third-order valence-corrected chi connectivity index (χ3v) is 5.32. The number of nitrogens with zero attached hydrogens (tertiary/aromatic N) is 1. The second-order valence-corrected chi connectivity index (χ2v) is 7.57. The van der Waals surface area contributed by atoms with Crippen molar-refractivity contribution in [1.82, 2.24) is 4.90 Å². The molecule has 0 unspecified atom stereocenters. The Kier molecular flexibility index (Phi) is 7.81. The summed E-state index contributed by atoms with van der Waals surface area (Å²) in [7, 11) is 1.52. The lowest BCUT2D eigenvalue weighted by atomic mass is 9.89. The molecular formula is C27H27NO4. The van der Waals surface area contributed by atoms with E-state index >= 15 is 0 Å². The topological polar surface area (TPSA) is 66.8 Å². The van der Waals surface area contributed by atoms with Gasteiger partial charge in [-0.05, 0) is 16.7 Å². The molecule has 32 heavy (non-hydrogen) atoms. The van der Waals surface area contributed by atoms with Crippen LogP contribution in [0.25, 0.3) is 0 Å². The van der Waals surface area contributed by atoms with Crippen LogP contribution in [0.2, 0.25) is 0 Å². The standard InChI is InChI=1S/C27H27NO4/c1-20(32-19-21-12-6-3-7-13-21)18-24(27(30)31)28(2)26(29)25(22-14-8-4-9-15-22)23-16-10-5-11-17-23/h3-17,24-25H,1,18-19H2,2H3,(H,30,31)/t24-/m0/s1. The van der Waals surface area contributed by atoms with Gasteiger partial charge < -0.3 is 14.7 Å². The van der Waals surface area contributed by atoms with Crippen molar-refractivity contribution in [2.75, 3.05) is 7.05 Å².